The number of rotatable bonds is 6. The van der Waals surface area contributed by atoms with E-state index < -0.39 is 0 Å². The van der Waals surface area contributed by atoms with Crippen LogP contribution in [0.1, 0.15) is 0 Å². The van der Waals surface area contributed by atoms with Gasteiger partial charge in [0, 0.05) is 34.1 Å². The Morgan fingerprint density at radius 3 is 1.64 bits per heavy atom. The average Bonchev–Trinajstić information content (AvgIpc) is 3.69. The molecule has 248 valence electrons. The summed E-state index contributed by atoms with van der Waals surface area (Å²) in [5, 5.41) is 13.0. The van der Waals surface area contributed by atoms with Crippen LogP contribution in [-0.2, 0) is 0 Å². The molecular formula is C46H29N7. The number of nitrogens with zero attached hydrogens (tertiary/aromatic N) is 7. The van der Waals surface area contributed by atoms with Crippen LogP contribution in [0.5, 0.6) is 0 Å². The van der Waals surface area contributed by atoms with Crippen molar-refractivity contribution in [1.29, 1.82) is 0 Å². The first-order valence-corrected chi connectivity index (χ1v) is 17.5. The summed E-state index contributed by atoms with van der Waals surface area (Å²) in [5.74, 6) is 0. The third kappa shape index (κ3) is 5.57. The first kappa shape index (κ1) is 30.4. The van der Waals surface area contributed by atoms with Crippen molar-refractivity contribution in [3.05, 3.63) is 176 Å². The van der Waals surface area contributed by atoms with Crippen LogP contribution in [0.4, 0.5) is 0 Å². The van der Waals surface area contributed by atoms with Gasteiger partial charge in [0.05, 0.1) is 39.7 Å². The van der Waals surface area contributed by atoms with Crippen molar-refractivity contribution in [2.45, 2.75) is 0 Å². The lowest BCUT2D eigenvalue weighted by Crippen LogP contribution is -1.97. The summed E-state index contributed by atoms with van der Waals surface area (Å²) in [6, 6.07) is 55.7. The molecule has 5 aromatic carbocycles. The average molecular weight is 680 g/mol. The number of pyridine rings is 4. The Labute approximate surface area is 304 Å². The second-order valence-corrected chi connectivity index (χ2v) is 12.9. The van der Waals surface area contributed by atoms with Gasteiger partial charge in [-0.25, -0.2) is 9.97 Å². The van der Waals surface area contributed by atoms with Crippen molar-refractivity contribution in [2.75, 3.05) is 0 Å². The van der Waals surface area contributed by atoms with Gasteiger partial charge in [0.15, 0.2) is 0 Å². The molecule has 0 atom stereocenters. The number of fused-ring (bicyclic) bond motifs is 5. The predicted molar refractivity (Wildman–Crippen MR) is 212 cm³/mol. The van der Waals surface area contributed by atoms with Gasteiger partial charge < -0.3 is 0 Å². The summed E-state index contributed by atoms with van der Waals surface area (Å²) >= 11 is 0. The summed E-state index contributed by atoms with van der Waals surface area (Å²) in [6.45, 7) is 0. The van der Waals surface area contributed by atoms with Crippen molar-refractivity contribution in [1.82, 2.24) is 34.9 Å². The summed E-state index contributed by atoms with van der Waals surface area (Å²) in [7, 11) is 0. The lowest BCUT2D eigenvalue weighted by atomic mass is 9.95. The standard InChI is InChI=1S/C46H29N7/c1-3-11-32(12-4-1)45-37-23-24-40-46(52-53(51-40)35-13-5-2-6-14-35)44(37)36-22-21-33(27-41(36)50-45)30-17-19-31(20-18-30)34-28-42(38-15-7-9-25-47-38)49-43(29-34)39-16-8-10-26-48-39/h1-29H. The monoisotopic (exact) mass is 679 g/mol. The van der Waals surface area contributed by atoms with Crippen molar-refractivity contribution >= 4 is 32.7 Å². The Kier molecular flexibility index (Phi) is 7.32. The highest BCUT2D eigenvalue weighted by Crippen LogP contribution is 2.38. The number of hydrogen-bond acceptors (Lipinski definition) is 6. The van der Waals surface area contributed by atoms with E-state index >= 15 is 0 Å². The fraction of sp³-hybridized carbons (Fsp3) is 0. The number of hydrogen-bond donors (Lipinski definition) is 0. The lowest BCUT2D eigenvalue weighted by molar-refractivity contribution is 0.766. The van der Waals surface area contributed by atoms with Crippen LogP contribution >= 0.6 is 0 Å². The van der Waals surface area contributed by atoms with Gasteiger partial charge in [-0.15, -0.1) is 10.2 Å². The normalized spacial score (nSPS) is 11.4. The molecule has 7 nitrogen and oxygen atoms in total. The smallest absolute Gasteiger partial charge is 0.122 e. The van der Waals surface area contributed by atoms with Crippen molar-refractivity contribution < 1.29 is 0 Å². The van der Waals surface area contributed by atoms with E-state index in [1.807, 2.05) is 78.9 Å². The van der Waals surface area contributed by atoms with Gasteiger partial charge in [-0.1, -0.05) is 97.1 Å². The van der Waals surface area contributed by atoms with Gasteiger partial charge in [-0.3, -0.25) is 9.97 Å². The minimum atomic E-state index is 0.799. The highest BCUT2D eigenvalue weighted by molar-refractivity contribution is 6.21. The van der Waals surface area contributed by atoms with Crippen molar-refractivity contribution in [3.8, 4) is 62.0 Å². The molecule has 0 saturated carbocycles. The van der Waals surface area contributed by atoms with Crippen LogP contribution in [-0.4, -0.2) is 34.9 Å². The minimum absolute atomic E-state index is 0.799. The Hall–Kier alpha value is -7.38. The van der Waals surface area contributed by atoms with Crippen LogP contribution in [0.3, 0.4) is 0 Å². The molecule has 0 spiro atoms. The van der Waals surface area contributed by atoms with E-state index in [1.54, 1.807) is 17.2 Å². The minimum Gasteiger partial charge on any atom is -0.255 e. The molecule has 10 aromatic rings. The fourth-order valence-corrected chi connectivity index (χ4v) is 6.98. The SMILES string of the molecule is c1ccc(-c2nc3cc(-c4ccc(-c5cc(-c6ccccn6)nc(-c6ccccn6)c5)cc4)ccc3c3c2ccc2nn(-c4ccccc4)nc23)cc1. The molecule has 53 heavy (non-hydrogen) atoms. The largest absolute Gasteiger partial charge is 0.255 e. The van der Waals surface area contributed by atoms with Crippen LogP contribution in [0, 0.1) is 0 Å². The Bertz CT molecular complexity index is 2850. The molecule has 0 N–H and O–H groups in total. The second-order valence-electron chi connectivity index (χ2n) is 12.9. The predicted octanol–water partition coefficient (Wildman–Crippen LogP) is 10.6. The van der Waals surface area contributed by atoms with E-state index in [2.05, 4.69) is 94.9 Å². The maximum atomic E-state index is 5.30. The van der Waals surface area contributed by atoms with Crippen LogP contribution in [0.2, 0.25) is 0 Å². The highest BCUT2D eigenvalue weighted by atomic mass is 15.5. The number of para-hydroxylation sites is 1. The van der Waals surface area contributed by atoms with Gasteiger partial charge in [-0.2, -0.15) is 4.80 Å². The molecule has 0 unspecified atom stereocenters. The van der Waals surface area contributed by atoms with Gasteiger partial charge in [-0.05, 0) is 89.0 Å². The molecule has 0 radical (unpaired) electrons. The third-order valence-electron chi connectivity index (χ3n) is 9.57. The van der Waals surface area contributed by atoms with Crippen LogP contribution < -0.4 is 0 Å². The van der Waals surface area contributed by atoms with Gasteiger partial charge in [0.1, 0.15) is 11.0 Å². The molecule has 5 aromatic heterocycles. The van der Waals surface area contributed by atoms with E-state index in [0.29, 0.717) is 0 Å². The highest BCUT2D eigenvalue weighted by Gasteiger charge is 2.17. The molecular weight excluding hydrogens is 651 g/mol. The summed E-state index contributed by atoms with van der Waals surface area (Å²) in [5.41, 5.74) is 13.0. The first-order chi connectivity index (χ1) is 26.2. The fourth-order valence-electron chi connectivity index (χ4n) is 6.98. The summed E-state index contributed by atoms with van der Waals surface area (Å²) < 4.78 is 0. The van der Waals surface area contributed by atoms with E-state index in [4.69, 9.17) is 20.2 Å². The second kappa shape index (κ2) is 12.7. The molecule has 0 aliphatic heterocycles. The van der Waals surface area contributed by atoms with E-state index in [1.165, 1.54) is 0 Å². The molecule has 0 bridgehead atoms. The zero-order chi connectivity index (χ0) is 35.1. The van der Waals surface area contributed by atoms with Crippen molar-refractivity contribution in [3.63, 3.8) is 0 Å². The van der Waals surface area contributed by atoms with E-state index in [0.717, 1.165) is 94.7 Å². The molecule has 0 amide bonds. The quantitative estimate of drug-likeness (QED) is 0.163. The maximum absolute atomic E-state index is 5.30. The van der Waals surface area contributed by atoms with Gasteiger partial charge in [0.2, 0.25) is 0 Å². The lowest BCUT2D eigenvalue weighted by Gasteiger charge is -2.12. The zero-order valence-electron chi connectivity index (χ0n) is 28.4. The Morgan fingerprint density at radius 2 is 0.981 bits per heavy atom. The third-order valence-corrected chi connectivity index (χ3v) is 9.57. The molecule has 0 aliphatic carbocycles. The molecule has 0 aliphatic rings. The number of aromatic nitrogens is 7. The summed E-state index contributed by atoms with van der Waals surface area (Å²) in [6.07, 6.45) is 3.58. The molecule has 0 saturated heterocycles. The first-order valence-electron chi connectivity index (χ1n) is 17.5. The topological polar surface area (TPSA) is 82.3 Å². The summed E-state index contributed by atoms with van der Waals surface area (Å²) in [4.78, 5) is 21.1. The van der Waals surface area contributed by atoms with Crippen LogP contribution in [0.25, 0.3) is 94.7 Å². The van der Waals surface area contributed by atoms with E-state index in [9.17, 15) is 0 Å². The Morgan fingerprint density at radius 1 is 0.377 bits per heavy atom. The van der Waals surface area contributed by atoms with Gasteiger partial charge >= 0.3 is 0 Å². The molecule has 0 fully saturated rings. The molecule has 7 heteroatoms. The van der Waals surface area contributed by atoms with Gasteiger partial charge in [0.25, 0.3) is 0 Å². The Balaban J connectivity index is 1.09. The zero-order valence-corrected chi connectivity index (χ0v) is 28.4. The van der Waals surface area contributed by atoms with Crippen molar-refractivity contribution in [2.24, 2.45) is 0 Å². The van der Waals surface area contributed by atoms with E-state index in [-0.39, 0.29) is 0 Å². The number of benzene rings is 5. The van der Waals surface area contributed by atoms with Crippen LogP contribution in [0.15, 0.2) is 176 Å². The maximum Gasteiger partial charge on any atom is 0.122 e. The molecule has 10 rings (SSSR count). The molecule has 5 heterocycles.